The van der Waals surface area contributed by atoms with Crippen LogP contribution in [0.2, 0.25) is 0 Å². The van der Waals surface area contributed by atoms with Crippen molar-refractivity contribution in [3.8, 4) is 11.6 Å². The van der Waals surface area contributed by atoms with Gasteiger partial charge in [-0.2, -0.15) is 0 Å². The third kappa shape index (κ3) is 5.80. The fourth-order valence-electron chi connectivity index (χ4n) is 7.97. The van der Waals surface area contributed by atoms with Crippen LogP contribution in [0.3, 0.4) is 0 Å². The fraction of sp³-hybridized carbons (Fsp3) is 0.182. The Morgan fingerprint density at radius 3 is 2.30 bits per heavy atom. The number of nitrogens with zero attached hydrogens (tertiary/aromatic N) is 5. The zero-order valence-corrected chi connectivity index (χ0v) is 30.1. The Balaban J connectivity index is 1.28. The topological polar surface area (TPSA) is 102 Å². The molecule has 9 nitrogen and oxygen atoms in total. The van der Waals surface area contributed by atoms with E-state index in [9.17, 15) is 23.9 Å². The highest BCUT2D eigenvalue weighted by atomic mass is 19.1. The van der Waals surface area contributed by atoms with Gasteiger partial charge < -0.3 is 14.6 Å². The molecule has 1 N–H and O–H groups in total. The van der Waals surface area contributed by atoms with Crippen LogP contribution in [0.15, 0.2) is 136 Å². The highest BCUT2D eigenvalue weighted by Crippen LogP contribution is 2.44. The molecule has 0 bridgehead atoms. The van der Waals surface area contributed by atoms with Gasteiger partial charge in [-0.15, -0.1) is 0 Å². The lowest BCUT2D eigenvalue weighted by atomic mass is 9.79. The molecule has 0 aliphatic carbocycles. The molecule has 5 aromatic carbocycles. The number of hydrogen-bond donors (Lipinski definition) is 1. The van der Waals surface area contributed by atoms with Crippen molar-refractivity contribution in [3.05, 3.63) is 176 Å². The second kappa shape index (κ2) is 13.8. The average molecular weight is 720 g/mol. The molecule has 3 heterocycles. The number of aromatic hydroxyl groups is 1. The van der Waals surface area contributed by atoms with Crippen LogP contribution in [0.4, 0.5) is 4.39 Å². The molecule has 2 aromatic heterocycles. The van der Waals surface area contributed by atoms with Crippen molar-refractivity contribution in [1.82, 2.24) is 18.6 Å². The summed E-state index contributed by atoms with van der Waals surface area (Å²) in [5.41, 5.74) is 4.08. The predicted molar refractivity (Wildman–Crippen MR) is 210 cm³/mol. The first-order valence-corrected chi connectivity index (χ1v) is 17.9. The highest BCUT2D eigenvalue weighted by Gasteiger charge is 2.40. The van der Waals surface area contributed by atoms with Crippen LogP contribution < -0.4 is 11.2 Å². The summed E-state index contributed by atoms with van der Waals surface area (Å²) in [5, 5.41) is 13.4. The molecule has 0 fully saturated rings. The number of carbonyl (C=O) groups excluding carboxylic acids is 1. The third-order valence-corrected chi connectivity index (χ3v) is 10.7. The number of aromatic nitrogens is 3. The zero-order valence-electron chi connectivity index (χ0n) is 30.1. The molecule has 1 aliphatic heterocycles. The predicted octanol–water partition coefficient (Wildman–Crippen LogP) is 7.06. The van der Waals surface area contributed by atoms with E-state index >= 15 is 0 Å². The van der Waals surface area contributed by atoms with E-state index in [0.29, 0.717) is 18.5 Å². The number of para-hydroxylation sites is 1. The first-order valence-electron chi connectivity index (χ1n) is 17.9. The van der Waals surface area contributed by atoms with Crippen molar-refractivity contribution in [2.45, 2.75) is 25.3 Å². The second-order valence-corrected chi connectivity index (χ2v) is 13.8. The highest BCUT2D eigenvalue weighted by molar-refractivity contribution is 6.08. The zero-order chi connectivity index (χ0) is 37.7. The maximum atomic E-state index is 14.5. The molecular weight excluding hydrogens is 682 g/mol. The van der Waals surface area contributed by atoms with Crippen molar-refractivity contribution in [3.63, 3.8) is 0 Å². The summed E-state index contributed by atoms with van der Waals surface area (Å²) in [7, 11) is 3.39. The van der Waals surface area contributed by atoms with Crippen molar-refractivity contribution in [1.29, 1.82) is 0 Å². The molecule has 2 atom stereocenters. The minimum absolute atomic E-state index is 0.0346. The van der Waals surface area contributed by atoms with Gasteiger partial charge >= 0.3 is 5.69 Å². The number of benzene rings is 5. The number of amides is 1. The smallest absolute Gasteiger partial charge is 0.338 e. The summed E-state index contributed by atoms with van der Waals surface area (Å²) >= 11 is 0. The summed E-state index contributed by atoms with van der Waals surface area (Å²) in [6.45, 7) is 2.22. The molecule has 1 amide bonds. The minimum Gasteiger partial charge on any atom is -0.494 e. The maximum Gasteiger partial charge on any atom is 0.338 e. The number of aliphatic imine (C=N–C) groups is 1. The maximum absolute atomic E-state index is 14.5. The first-order chi connectivity index (χ1) is 26.1. The van der Waals surface area contributed by atoms with Gasteiger partial charge in [-0.3, -0.25) is 19.1 Å². The summed E-state index contributed by atoms with van der Waals surface area (Å²) in [6, 6.07) is 37.0. The first kappa shape index (κ1) is 34.5. The molecule has 0 radical (unpaired) electrons. The standard InChI is InChI=1S/C44H38FN5O4/c1-27(39-42(52)48(3)44(54)50(43(39)53)31-15-11-14-30(45)25-31)46-26-36-32-16-7-8-18-34(32)41(51)49(23-22-28-12-5-4-6-13-28)40(36)29-20-21-38-35(24-29)33-17-9-10-19-37(33)47(38)2/h4-21,24-25,36,40,52H,22-23,26H2,1-3H3/t36-,40-/m1/s1. The molecule has 8 rings (SSSR count). The van der Waals surface area contributed by atoms with E-state index in [0.717, 1.165) is 53.7 Å². The number of fused-ring (bicyclic) bond motifs is 4. The molecule has 0 saturated heterocycles. The summed E-state index contributed by atoms with van der Waals surface area (Å²) in [5.74, 6) is -1.58. The van der Waals surface area contributed by atoms with Crippen molar-refractivity contribution in [2.75, 3.05) is 13.1 Å². The third-order valence-electron chi connectivity index (χ3n) is 10.7. The van der Waals surface area contributed by atoms with Crippen LogP contribution in [-0.2, 0) is 20.5 Å². The van der Waals surface area contributed by atoms with Gasteiger partial charge in [0.15, 0.2) is 0 Å². The lowest BCUT2D eigenvalue weighted by Gasteiger charge is -2.42. The van der Waals surface area contributed by atoms with Gasteiger partial charge in [0, 0.05) is 66.2 Å². The summed E-state index contributed by atoms with van der Waals surface area (Å²) in [4.78, 5) is 48.5. The van der Waals surface area contributed by atoms with E-state index in [2.05, 4.69) is 47.0 Å². The summed E-state index contributed by atoms with van der Waals surface area (Å²) < 4.78 is 18.2. The van der Waals surface area contributed by atoms with E-state index < -0.39 is 29.0 Å². The van der Waals surface area contributed by atoms with Gasteiger partial charge in [-0.1, -0.05) is 78.9 Å². The molecule has 0 unspecified atom stereocenters. The lowest BCUT2D eigenvalue weighted by Crippen LogP contribution is -2.44. The second-order valence-electron chi connectivity index (χ2n) is 13.8. The molecule has 1 aliphatic rings. The molecule has 0 saturated carbocycles. The number of rotatable bonds is 8. The van der Waals surface area contributed by atoms with Crippen LogP contribution in [0.1, 0.15) is 51.5 Å². The number of carbonyl (C=O) groups is 1. The Hall–Kier alpha value is -6.55. The Labute approximate surface area is 310 Å². The molecule has 270 valence electrons. The van der Waals surface area contributed by atoms with E-state index in [4.69, 9.17) is 4.99 Å². The van der Waals surface area contributed by atoms with E-state index in [1.54, 1.807) is 6.92 Å². The minimum atomic E-state index is -0.822. The van der Waals surface area contributed by atoms with E-state index in [1.165, 1.54) is 25.2 Å². The van der Waals surface area contributed by atoms with Crippen molar-refractivity contribution in [2.24, 2.45) is 19.1 Å². The number of halogens is 1. The van der Waals surface area contributed by atoms with Crippen LogP contribution in [0.25, 0.3) is 27.5 Å². The summed E-state index contributed by atoms with van der Waals surface area (Å²) in [6.07, 6.45) is 0.641. The number of hydrogen-bond acceptors (Lipinski definition) is 5. The van der Waals surface area contributed by atoms with Gasteiger partial charge in [0.25, 0.3) is 11.5 Å². The molecule has 10 heteroatoms. The van der Waals surface area contributed by atoms with Crippen LogP contribution in [0, 0.1) is 5.82 Å². The van der Waals surface area contributed by atoms with Crippen molar-refractivity contribution < 1.29 is 14.3 Å². The van der Waals surface area contributed by atoms with Crippen LogP contribution in [-0.4, -0.2) is 48.4 Å². The molecule has 54 heavy (non-hydrogen) atoms. The Morgan fingerprint density at radius 1 is 0.778 bits per heavy atom. The van der Waals surface area contributed by atoms with Crippen LogP contribution >= 0.6 is 0 Å². The molecular formula is C44H38FN5O4. The van der Waals surface area contributed by atoms with E-state index in [1.807, 2.05) is 66.5 Å². The monoisotopic (exact) mass is 719 g/mol. The SMILES string of the molecule is CC(=NC[C@@H]1c2ccccc2C(=O)N(CCc2ccccc2)[C@@H]1c1ccc2c(c1)c1ccccc1n2C)c1c(O)n(C)c(=O)n(-c2cccc(F)c2)c1=O. The Bertz CT molecular complexity index is 2750. The van der Waals surface area contributed by atoms with Gasteiger partial charge in [-0.25, -0.2) is 13.8 Å². The normalized spacial score (nSPS) is 16.0. The Kier molecular flexibility index (Phi) is 8.81. The van der Waals surface area contributed by atoms with Gasteiger partial charge in [0.2, 0.25) is 5.88 Å². The van der Waals surface area contributed by atoms with Gasteiger partial charge in [-0.05, 0) is 72.5 Å². The quantitative estimate of drug-likeness (QED) is 0.170. The largest absolute Gasteiger partial charge is 0.494 e. The lowest BCUT2D eigenvalue weighted by molar-refractivity contribution is 0.0614. The van der Waals surface area contributed by atoms with Crippen LogP contribution in [0.5, 0.6) is 5.88 Å². The van der Waals surface area contributed by atoms with Crippen molar-refractivity contribution >= 4 is 33.4 Å². The van der Waals surface area contributed by atoms with Gasteiger partial charge in [0.05, 0.1) is 11.7 Å². The van der Waals surface area contributed by atoms with E-state index in [-0.39, 0.29) is 35.3 Å². The average Bonchev–Trinajstić information content (AvgIpc) is 3.47. The van der Waals surface area contributed by atoms with Gasteiger partial charge in [0.1, 0.15) is 11.4 Å². The molecule has 0 spiro atoms. The Morgan fingerprint density at radius 2 is 1.50 bits per heavy atom. The fourth-order valence-corrected chi connectivity index (χ4v) is 7.97. The molecule has 7 aromatic rings. The number of aryl methyl sites for hydroxylation is 1.